The van der Waals surface area contributed by atoms with E-state index < -0.39 is 5.54 Å². The number of amides is 3. The number of piperazine rings is 1. The number of ether oxygens (including phenoxy) is 1. The molecule has 1 saturated carbocycles. The minimum absolute atomic E-state index is 0. The average molecular weight is 528 g/mol. The van der Waals surface area contributed by atoms with Crippen molar-refractivity contribution in [1.29, 1.82) is 0 Å². The maximum Gasteiger partial charge on any atom is 0.321 e. The van der Waals surface area contributed by atoms with Gasteiger partial charge in [0.05, 0.1) is 17.8 Å². The molecular weight excluding hydrogens is 486 g/mol. The first-order valence-electron chi connectivity index (χ1n) is 13.5. The maximum absolute atomic E-state index is 13.8. The van der Waals surface area contributed by atoms with Gasteiger partial charge in [-0.3, -0.25) is 14.8 Å². The molecule has 6 rings (SSSR count). The van der Waals surface area contributed by atoms with Crippen molar-refractivity contribution in [2.45, 2.75) is 77.9 Å². The largest absolute Gasteiger partial charge is 0.448 e. The van der Waals surface area contributed by atoms with E-state index in [1.807, 2.05) is 23.6 Å². The van der Waals surface area contributed by atoms with Gasteiger partial charge >= 0.3 is 6.03 Å². The number of aromatic nitrogens is 3. The van der Waals surface area contributed by atoms with Gasteiger partial charge in [0.1, 0.15) is 6.26 Å². The maximum atomic E-state index is 13.8. The molecule has 0 bridgehead atoms. The summed E-state index contributed by atoms with van der Waals surface area (Å²) < 4.78 is 11.0. The molecule has 3 fully saturated rings. The monoisotopic (exact) mass is 527 g/mol. The second-order valence-electron chi connectivity index (χ2n) is 11.5. The van der Waals surface area contributed by atoms with Crippen LogP contribution in [0.25, 0.3) is 0 Å². The van der Waals surface area contributed by atoms with E-state index in [2.05, 4.69) is 32.3 Å². The zero-order chi connectivity index (χ0) is 25.7. The van der Waals surface area contributed by atoms with E-state index in [9.17, 15) is 9.59 Å². The van der Waals surface area contributed by atoms with Crippen LogP contribution in [-0.2, 0) is 16.8 Å². The molecule has 0 spiro atoms. The third kappa shape index (κ3) is 4.93. The molecule has 2 aromatic rings. The first kappa shape index (κ1) is 26.7. The Morgan fingerprint density at radius 1 is 1.18 bits per heavy atom. The number of urea groups is 1. The lowest BCUT2D eigenvalue weighted by molar-refractivity contribution is 0.0290. The molecule has 0 aromatic carbocycles. The molecule has 0 unspecified atom stereocenters. The van der Waals surface area contributed by atoms with Crippen molar-refractivity contribution in [2.75, 3.05) is 44.7 Å². The molecule has 1 aliphatic carbocycles. The van der Waals surface area contributed by atoms with Crippen molar-refractivity contribution in [3.8, 4) is 0 Å². The molecule has 38 heavy (non-hydrogen) atoms. The number of hydrogen-bond acceptors (Lipinski definition) is 7. The number of nitrogens with zero attached hydrogens (tertiary/aromatic N) is 5. The Kier molecular flexibility index (Phi) is 7.25. The summed E-state index contributed by atoms with van der Waals surface area (Å²) in [5.74, 6) is 1.72. The van der Waals surface area contributed by atoms with Crippen LogP contribution < -0.4 is 5.32 Å². The summed E-state index contributed by atoms with van der Waals surface area (Å²) in [5.41, 5.74) is 1.36. The van der Waals surface area contributed by atoms with E-state index in [0.717, 1.165) is 69.8 Å². The number of H-pyrrole nitrogens is 1. The van der Waals surface area contributed by atoms with Gasteiger partial charge in [-0.1, -0.05) is 7.43 Å². The summed E-state index contributed by atoms with van der Waals surface area (Å²) in [5, 5.41) is 10.3. The number of aromatic amines is 1. The molecule has 3 amide bonds. The van der Waals surface area contributed by atoms with Gasteiger partial charge in [0.2, 0.25) is 0 Å². The third-order valence-electron chi connectivity index (χ3n) is 8.43. The number of anilines is 1. The fourth-order valence-corrected chi connectivity index (χ4v) is 5.94. The number of rotatable bonds is 5. The SMILES string of the molecule is C.C[C@H]1CN(CC2CCOCC2)CCN1C(=O)N1Cc2c(NC(=O)c3coc(C4CC4)n3)n[nH]c2C1(C)C. The van der Waals surface area contributed by atoms with E-state index >= 15 is 0 Å². The van der Waals surface area contributed by atoms with Crippen LogP contribution in [-0.4, -0.2) is 87.3 Å². The second kappa shape index (κ2) is 10.3. The topological polar surface area (TPSA) is 120 Å². The summed E-state index contributed by atoms with van der Waals surface area (Å²) in [6, 6.07) is 0.150. The zero-order valence-electron chi connectivity index (χ0n) is 22.0. The number of fused-ring (bicyclic) bond motifs is 1. The van der Waals surface area contributed by atoms with Gasteiger partial charge in [-0.05, 0) is 52.4 Å². The molecule has 1 atom stereocenters. The Hall–Kier alpha value is -2.92. The number of oxazole rings is 1. The molecule has 2 saturated heterocycles. The third-order valence-corrected chi connectivity index (χ3v) is 8.43. The Balaban J connectivity index is 0.00000294. The van der Waals surface area contributed by atoms with Gasteiger partial charge < -0.3 is 24.3 Å². The smallest absolute Gasteiger partial charge is 0.321 e. The molecule has 2 N–H and O–H groups in total. The summed E-state index contributed by atoms with van der Waals surface area (Å²) in [4.78, 5) is 37.3. The van der Waals surface area contributed by atoms with Crippen molar-refractivity contribution in [1.82, 2.24) is 29.9 Å². The Morgan fingerprint density at radius 3 is 2.66 bits per heavy atom. The Labute approximate surface area is 224 Å². The summed E-state index contributed by atoms with van der Waals surface area (Å²) in [7, 11) is 0. The molecule has 208 valence electrons. The standard InChI is InChI=1S/C26H37N7O4.CH4/c1-16-12-31(13-17-6-10-36-11-7-17)8-9-32(16)25(35)33-14-19-21(26(33,2)3)29-30-22(19)28-23(34)20-15-37-24(27-20)18-4-5-18;/h15-18H,4-14H2,1-3H3,(H2,28,29,30,34);1H4/t16-;/m0./s1. The van der Waals surface area contributed by atoms with Crippen LogP contribution in [0.5, 0.6) is 0 Å². The van der Waals surface area contributed by atoms with Gasteiger partial charge in [-0.25, -0.2) is 9.78 Å². The zero-order valence-corrected chi connectivity index (χ0v) is 22.0. The van der Waals surface area contributed by atoms with Crippen molar-refractivity contribution >= 4 is 17.8 Å². The predicted octanol–water partition coefficient (Wildman–Crippen LogP) is 3.77. The Bertz CT molecular complexity index is 1160. The summed E-state index contributed by atoms with van der Waals surface area (Å²) >= 11 is 0. The molecule has 0 radical (unpaired) electrons. The fourth-order valence-electron chi connectivity index (χ4n) is 5.94. The van der Waals surface area contributed by atoms with Crippen molar-refractivity contribution in [3.05, 3.63) is 29.1 Å². The minimum Gasteiger partial charge on any atom is -0.448 e. The lowest BCUT2D eigenvalue weighted by Crippen LogP contribution is -2.59. The van der Waals surface area contributed by atoms with Crippen LogP contribution in [0.1, 0.15) is 87.4 Å². The van der Waals surface area contributed by atoms with E-state index in [0.29, 0.717) is 36.6 Å². The molecule has 11 nitrogen and oxygen atoms in total. The van der Waals surface area contributed by atoms with E-state index in [1.54, 1.807) is 0 Å². The van der Waals surface area contributed by atoms with Crippen LogP contribution in [0, 0.1) is 5.92 Å². The molecule has 2 aromatic heterocycles. The molecular formula is C27H41N7O4. The number of nitrogens with one attached hydrogen (secondary N) is 2. The predicted molar refractivity (Wildman–Crippen MR) is 142 cm³/mol. The molecule has 11 heteroatoms. The summed E-state index contributed by atoms with van der Waals surface area (Å²) in [6.45, 7) is 11.8. The first-order valence-corrected chi connectivity index (χ1v) is 13.5. The van der Waals surface area contributed by atoms with Crippen LogP contribution in [0.4, 0.5) is 10.6 Å². The van der Waals surface area contributed by atoms with Crippen LogP contribution >= 0.6 is 0 Å². The Morgan fingerprint density at radius 2 is 1.95 bits per heavy atom. The highest BCUT2D eigenvalue weighted by molar-refractivity contribution is 6.02. The quantitative estimate of drug-likeness (QED) is 0.607. The van der Waals surface area contributed by atoms with E-state index in [4.69, 9.17) is 9.15 Å². The van der Waals surface area contributed by atoms with Crippen LogP contribution in [0.3, 0.4) is 0 Å². The highest BCUT2D eigenvalue weighted by atomic mass is 16.5. The van der Waals surface area contributed by atoms with E-state index in [1.165, 1.54) is 6.26 Å². The van der Waals surface area contributed by atoms with Gasteiger partial charge in [0, 0.05) is 56.9 Å². The fraction of sp³-hybridized carbons (Fsp3) is 0.704. The van der Waals surface area contributed by atoms with Crippen LogP contribution in [0.15, 0.2) is 10.7 Å². The molecule has 5 heterocycles. The van der Waals surface area contributed by atoms with Crippen LogP contribution in [0.2, 0.25) is 0 Å². The highest BCUT2D eigenvalue weighted by Gasteiger charge is 2.46. The molecule has 3 aliphatic heterocycles. The van der Waals surface area contributed by atoms with Crippen molar-refractivity contribution in [3.63, 3.8) is 0 Å². The van der Waals surface area contributed by atoms with Crippen molar-refractivity contribution < 1.29 is 18.7 Å². The first-order chi connectivity index (χ1) is 17.8. The molecule has 4 aliphatic rings. The minimum atomic E-state index is -0.575. The number of hydrogen-bond donors (Lipinski definition) is 2. The normalized spacial score (nSPS) is 23.7. The van der Waals surface area contributed by atoms with Gasteiger partial charge in [0.25, 0.3) is 5.91 Å². The average Bonchev–Trinajstić information content (AvgIpc) is 3.35. The van der Waals surface area contributed by atoms with Crippen molar-refractivity contribution in [2.24, 2.45) is 5.92 Å². The number of carbonyl (C=O) groups excluding carboxylic acids is 2. The number of carbonyl (C=O) groups is 2. The van der Waals surface area contributed by atoms with Gasteiger partial charge in [-0.2, -0.15) is 5.10 Å². The second-order valence-corrected chi connectivity index (χ2v) is 11.5. The van der Waals surface area contributed by atoms with Gasteiger partial charge in [0.15, 0.2) is 17.4 Å². The lowest BCUT2D eigenvalue weighted by Gasteiger charge is -2.44. The highest BCUT2D eigenvalue weighted by Crippen LogP contribution is 2.42. The summed E-state index contributed by atoms with van der Waals surface area (Å²) in [6.07, 6.45) is 5.75. The van der Waals surface area contributed by atoms with Gasteiger partial charge in [-0.15, -0.1) is 0 Å². The van der Waals surface area contributed by atoms with E-state index in [-0.39, 0.29) is 31.1 Å². The lowest BCUT2D eigenvalue weighted by atomic mass is 9.99.